The SMILES string of the molecule is O=Cc1cccc([PH](=O)O)c1. The molecule has 11 heavy (non-hydrogen) atoms. The van der Waals surface area contributed by atoms with Crippen molar-refractivity contribution in [2.45, 2.75) is 0 Å². The van der Waals surface area contributed by atoms with Crippen molar-refractivity contribution in [2.75, 3.05) is 0 Å². The lowest BCUT2D eigenvalue weighted by atomic mass is 10.2. The quantitative estimate of drug-likeness (QED) is 0.522. The Labute approximate surface area is 64.5 Å². The average molecular weight is 170 g/mol. The second-order valence-electron chi connectivity index (χ2n) is 2.05. The van der Waals surface area contributed by atoms with E-state index in [0.29, 0.717) is 17.2 Å². The van der Waals surface area contributed by atoms with E-state index >= 15 is 0 Å². The molecular formula is C7H7O3P. The summed E-state index contributed by atoms with van der Waals surface area (Å²) in [5, 5.41) is 0.319. The molecular weight excluding hydrogens is 163 g/mol. The Bertz CT molecular complexity index is 295. The van der Waals surface area contributed by atoms with E-state index in [-0.39, 0.29) is 0 Å². The van der Waals surface area contributed by atoms with Gasteiger partial charge in [-0.2, -0.15) is 0 Å². The van der Waals surface area contributed by atoms with Gasteiger partial charge in [-0.1, -0.05) is 12.1 Å². The third kappa shape index (κ3) is 2.00. The number of hydrogen-bond acceptors (Lipinski definition) is 2. The van der Waals surface area contributed by atoms with Crippen molar-refractivity contribution in [3.8, 4) is 0 Å². The molecule has 0 amide bonds. The second-order valence-corrected chi connectivity index (χ2v) is 3.24. The number of carbonyl (C=O) groups is 1. The summed E-state index contributed by atoms with van der Waals surface area (Å²) in [5.41, 5.74) is 0.426. The van der Waals surface area contributed by atoms with Gasteiger partial charge in [0.25, 0.3) is 0 Å². The first-order chi connectivity index (χ1) is 5.24. The van der Waals surface area contributed by atoms with Crippen molar-refractivity contribution >= 4 is 19.6 Å². The van der Waals surface area contributed by atoms with E-state index in [4.69, 9.17) is 4.89 Å². The van der Waals surface area contributed by atoms with Gasteiger partial charge in [0.1, 0.15) is 6.29 Å². The number of rotatable bonds is 2. The molecule has 58 valence electrons. The van der Waals surface area contributed by atoms with Gasteiger partial charge in [0.2, 0.25) is 8.03 Å². The zero-order chi connectivity index (χ0) is 8.27. The first kappa shape index (κ1) is 8.18. The molecule has 0 spiro atoms. The monoisotopic (exact) mass is 170 g/mol. The molecule has 0 heterocycles. The molecule has 0 radical (unpaired) electrons. The molecule has 1 rings (SSSR count). The predicted octanol–water partition coefficient (Wildman–Crippen LogP) is 0.591. The van der Waals surface area contributed by atoms with Gasteiger partial charge in [0.15, 0.2) is 0 Å². The van der Waals surface area contributed by atoms with Crippen LogP contribution in [0.2, 0.25) is 0 Å². The van der Waals surface area contributed by atoms with Crippen LogP contribution in [0.4, 0.5) is 0 Å². The summed E-state index contributed by atoms with van der Waals surface area (Å²) >= 11 is 0. The minimum Gasteiger partial charge on any atom is -0.343 e. The third-order valence-corrected chi connectivity index (χ3v) is 2.07. The van der Waals surface area contributed by atoms with E-state index in [1.54, 1.807) is 12.1 Å². The number of carbonyl (C=O) groups excluding carboxylic acids is 1. The fourth-order valence-corrected chi connectivity index (χ4v) is 1.27. The lowest BCUT2D eigenvalue weighted by Crippen LogP contribution is -1.96. The van der Waals surface area contributed by atoms with Crippen molar-refractivity contribution in [2.24, 2.45) is 0 Å². The molecule has 1 atom stereocenters. The van der Waals surface area contributed by atoms with Crippen LogP contribution in [0.5, 0.6) is 0 Å². The molecule has 1 N–H and O–H groups in total. The van der Waals surface area contributed by atoms with E-state index < -0.39 is 8.03 Å². The maximum absolute atomic E-state index is 10.5. The highest BCUT2D eigenvalue weighted by molar-refractivity contribution is 7.47. The smallest absolute Gasteiger partial charge is 0.218 e. The van der Waals surface area contributed by atoms with Gasteiger partial charge in [-0.05, 0) is 12.1 Å². The van der Waals surface area contributed by atoms with Crippen LogP contribution in [-0.4, -0.2) is 11.2 Å². The molecule has 0 aromatic heterocycles. The summed E-state index contributed by atoms with van der Waals surface area (Å²) in [7, 11) is -2.65. The van der Waals surface area contributed by atoms with Crippen molar-refractivity contribution in [1.82, 2.24) is 0 Å². The predicted molar refractivity (Wildman–Crippen MR) is 42.7 cm³/mol. The van der Waals surface area contributed by atoms with Crippen LogP contribution in [0.25, 0.3) is 0 Å². The molecule has 3 nitrogen and oxygen atoms in total. The molecule has 1 aromatic rings. The topological polar surface area (TPSA) is 54.4 Å². The highest BCUT2D eigenvalue weighted by atomic mass is 31.1. The van der Waals surface area contributed by atoms with Crippen molar-refractivity contribution < 1.29 is 14.3 Å². The van der Waals surface area contributed by atoms with Gasteiger partial charge >= 0.3 is 0 Å². The normalized spacial score (nSPS) is 12.5. The summed E-state index contributed by atoms with van der Waals surface area (Å²) in [6, 6.07) is 6.10. The number of hydrogen-bond donors (Lipinski definition) is 1. The Morgan fingerprint density at radius 3 is 2.73 bits per heavy atom. The van der Waals surface area contributed by atoms with Gasteiger partial charge < -0.3 is 4.89 Å². The van der Waals surface area contributed by atoms with Crippen LogP contribution in [0.1, 0.15) is 10.4 Å². The molecule has 0 aliphatic heterocycles. The maximum atomic E-state index is 10.5. The van der Waals surface area contributed by atoms with Gasteiger partial charge in [-0.25, -0.2) is 0 Å². The van der Waals surface area contributed by atoms with E-state index in [0.717, 1.165) is 0 Å². The van der Waals surface area contributed by atoms with Gasteiger partial charge in [0, 0.05) is 10.9 Å². The van der Waals surface area contributed by atoms with Crippen molar-refractivity contribution in [3.05, 3.63) is 29.8 Å². The Kier molecular flexibility index (Phi) is 2.58. The molecule has 1 unspecified atom stereocenters. The molecule has 0 saturated heterocycles. The molecule has 0 aliphatic carbocycles. The molecule has 0 aliphatic rings. The highest BCUT2D eigenvalue weighted by Crippen LogP contribution is 2.12. The minimum absolute atomic E-state index is 0.319. The zero-order valence-corrected chi connectivity index (χ0v) is 6.65. The van der Waals surface area contributed by atoms with Crippen LogP contribution in [0, 0.1) is 0 Å². The number of benzene rings is 1. The Morgan fingerprint density at radius 1 is 1.45 bits per heavy atom. The molecule has 0 saturated carbocycles. The standard InChI is InChI=1S/C7H7O3P/c8-5-6-2-1-3-7(4-6)11(9)10/h1-5,11H,(H,9,10). The minimum atomic E-state index is -2.65. The summed E-state index contributed by atoms with van der Waals surface area (Å²) in [6.45, 7) is 0. The van der Waals surface area contributed by atoms with Gasteiger partial charge in [0.05, 0.1) is 0 Å². The maximum Gasteiger partial charge on any atom is 0.218 e. The van der Waals surface area contributed by atoms with Crippen LogP contribution in [-0.2, 0) is 4.57 Å². The van der Waals surface area contributed by atoms with E-state index in [2.05, 4.69) is 0 Å². The van der Waals surface area contributed by atoms with Crippen LogP contribution in [0.15, 0.2) is 24.3 Å². The Hall–Kier alpha value is -0.920. The largest absolute Gasteiger partial charge is 0.343 e. The van der Waals surface area contributed by atoms with E-state index in [9.17, 15) is 9.36 Å². The molecule has 1 aromatic carbocycles. The molecule has 0 bridgehead atoms. The van der Waals surface area contributed by atoms with E-state index in [1.807, 2.05) is 0 Å². The number of aldehydes is 1. The zero-order valence-electron chi connectivity index (χ0n) is 5.65. The van der Waals surface area contributed by atoms with Gasteiger partial charge in [-0.15, -0.1) is 0 Å². The fourth-order valence-electron chi connectivity index (χ4n) is 0.745. The molecule has 4 heteroatoms. The third-order valence-electron chi connectivity index (χ3n) is 1.27. The van der Waals surface area contributed by atoms with Crippen molar-refractivity contribution in [1.29, 1.82) is 0 Å². The summed E-state index contributed by atoms with van der Waals surface area (Å²) in [5.74, 6) is 0. The van der Waals surface area contributed by atoms with E-state index in [1.165, 1.54) is 12.1 Å². The highest BCUT2D eigenvalue weighted by Gasteiger charge is 1.98. The summed E-state index contributed by atoms with van der Waals surface area (Å²) in [6.07, 6.45) is 0.647. The first-order valence-corrected chi connectivity index (χ1v) is 4.38. The van der Waals surface area contributed by atoms with Crippen LogP contribution < -0.4 is 5.30 Å². The summed E-state index contributed by atoms with van der Waals surface area (Å²) < 4.78 is 10.5. The average Bonchev–Trinajstić information content (AvgIpc) is 2.05. The van der Waals surface area contributed by atoms with Crippen LogP contribution >= 0.6 is 8.03 Å². The van der Waals surface area contributed by atoms with Gasteiger partial charge in [-0.3, -0.25) is 9.36 Å². The van der Waals surface area contributed by atoms with Crippen LogP contribution in [0.3, 0.4) is 0 Å². The Morgan fingerprint density at radius 2 is 2.18 bits per heavy atom. The molecule has 0 fully saturated rings. The van der Waals surface area contributed by atoms with Crippen molar-refractivity contribution in [3.63, 3.8) is 0 Å². The lowest BCUT2D eigenvalue weighted by Gasteiger charge is -1.94. The fraction of sp³-hybridized carbons (Fsp3) is 0. The first-order valence-electron chi connectivity index (χ1n) is 3.02. The lowest BCUT2D eigenvalue weighted by molar-refractivity contribution is 0.112. The summed E-state index contributed by atoms with van der Waals surface area (Å²) in [4.78, 5) is 18.9. The Balaban J connectivity index is 3.10. The second kappa shape index (κ2) is 3.46.